The molecule has 0 amide bonds. The van der Waals surface area contributed by atoms with E-state index in [4.69, 9.17) is 9.72 Å². The third-order valence-corrected chi connectivity index (χ3v) is 7.83. The van der Waals surface area contributed by atoms with Crippen molar-refractivity contribution in [2.45, 2.75) is 10.8 Å². The van der Waals surface area contributed by atoms with Crippen LogP contribution in [-0.4, -0.2) is 28.7 Å². The second kappa shape index (κ2) is 8.17. The van der Waals surface area contributed by atoms with Crippen molar-refractivity contribution < 1.29 is 9.53 Å². The highest BCUT2D eigenvalue weighted by Gasteiger charge is 2.23. The molecule has 33 heavy (non-hydrogen) atoms. The van der Waals surface area contributed by atoms with Crippen LogP contribution in [0.15, 0.2) is 77.1 Å². The van der Waals surface area contributed by atoms with Crippen molar-refractivity contribution >= 4 is 60.8 Å². The maximum absolute atomic E-state index is 12.8. The number of hydrogen-bond acceptors (Lipinski definition) is 7. The van der Waals surface area contributed by atoms with Crippen molar-refractivity contribution in [2.75, 3.05) is 18.6 Å². The van der Waals surface area contributed by atoms with Crippen molar-refractivity contribution in [3.8, 4) is 5.75 Å². The van der Waals surface area contributed by atoms with Crippen molar-refractivity contribution in [2.24, 2.45) is 0 Å². The summed E-state index contributed by atoms with van der Waals surface area (Å²) in [6, 6.07) is 23.9. The van der Waals surface area contributed by atoms with Crippen LogP contribution >= 0.6 is 23.1 Å². The zero-order chi connectivity index (χ0) is 22.4. The van der Waals surface area contributed by atoms with E-state index in [0.29, 0.717) is 5.56 Å². The number of hydrogen-bond donors (Lipinski definition) is 0. The Hall–Kier alpha value is -3.42. The topological polar surface area (TPSA) is 55.3 Å². The van der Waals surface area contributed by atoms with Gasteiger partial charge in [0.05, 0.1) is 22.8 Å². The maximum Gasteiger partial charge on any atom is 0.226 e. The number of benzene rings is 3. The lowest BCUT2D eigenvalue weighted by molar-refractivity contribution is 0.108. The molecule has 0 unspecified atom stereocenters. The molecule has 6 rings (SSSR count). The summed E-state index contributed by atoms with van der Waals surface area (Å²) in [4.78, 5) is 24.5. The van der Waals surface area contributed by atoms with Gasteiger partial charge in [-0.2, -0.15) is 0 Å². The number of rotatable bonds is 4. The van der Waals surface area contributed by atoms with Gasteiger partial charge in [-0.05, 0) is 78.3 Å². The van der Waals surface area contributed by atoms with Crippen molar-refractivity contribution in [3.05, 3.63) is 83.9 Å². The Labute approximate surface area is 199 Å². The fourth-order valence-corrected chi connectivity index (χ4v) is 6.04. The Balaban J connectivity index is 1.24. The van der Waals surface area contributed by atoms with Crippen molar-refractivity contribution in [3.63, 3.8) is 0 Å². The molecular weight excluding hydrogens is 450 g/mol. The lowest BCUT2D eigenvalue weighted by Crippen LogP contribution is -2.14. The first kappa shape index (κ1) is 20.2. The van der Waals surface area contributed by atoms with Gasteiger partial charge in [0.25, 0.3) is 0 Å². The Kier molecular flexibility index (Phi) is 5.00. The van der Waals surface area contributed by atoms with Gasteiger partial charge in [-0.25, -0.2) is 9.97 Å². The molecule has 5 nitrogen and oxygen atoms in total. The molecule has 5 aromatic rings. The molecule has 3 heterocycles. The van der Waals surface area contributed by atoms with Crippen LogP contribution in [-0.2, 0) is 6.42 Å². The predicted octanol–water partition coefficient (Wildman–Crippen LogP) is 6.48. The van der Waals surface area contributed by atoms with E-state index in [1.807, 2.05) is 66.7 Å². The third-order valence-electron chi connectivity index (χ3n) is 5.81. The summed E-state index contributed by atoms with van der Waals surface area (Å²) in [6.45, 7) is 0.865. The number of thiazole rings is 1. The van der Waals surface area contributed by atoms with Gasteiger partial charge in [0.15, 0.2) is 4.34 Å². The molecule has 0 saturated carbocycles. The summed E-state index contributed by atoms with van der Waals surface area (Å²) in [7, 11) is 1.67. The molecule has 0 radical (unpaired) electrons. The quantitative estimate of drug-likeness (QED) is 0.281. The van der Waals surface area contributed by atoms with Gasteiger partial charge in [0.1, 0.15) is 11.6 Å². The first-order valence-electron chi connectivity index (χ1n) is 10.6. The average Bonchev–Trinajstić information content (AvgIpc) is 3.45. The van der Waals surface area contributed by atoms with Crippen LogP contribution < -0.4 is 9.64 Å². The minimum absolute atomic E-state index is 0.00126. The molecule has 3 aromatic carbocycles. The molecule has 0 fully saturated rings. The Bertz CT molecular complexity index is 1480. The van der Waals surface area contributed by atoms with E-state index in [2.05, 4.69) is 16.0 Å². The molecule has 2 aromatic heterocycles. The number of fused-ring (bicyclic) bond motifs is 3. The number of nitrogens with zero attached hydrogens (tertiary/aromatic N) is 3. The molecule has 162 valence electrons. The van der Waals surface area contributed by atoms with E-state index in [0.717, 1.165) is 55.7 Å². The van der Waals surface area contributed by atoms with E-state index in [-0.39, 0.29) is 5.12 Å². The monoisotopic (exact) mass is 469 g/mol. The lowest BCUT2D eigenvalue weighted by atomic mass is 10.1. The highest BCUT2D eigenvalue weighted by atomic mass is 32.2. The molecule has 0 atom stereocenters. The van der Waals surface area contributed by atoms with Gasteiger partial charge in [0, 0.05) is 29.2 Å². The molecule has 1 aliphatic rings. The zero-order valence-electron chi connectivity index (χ0n) is 17.8. The fourth-order valence-electron chi connectivity index (χ4n) is 4.13. The number of pyridine rings is 1. The van der Waals surface area contributed by atoms with Crippen LogP contribution in [0.3, 0.4) is 0 Å². The number of thioether (sulfide) groups is 1. The Morgan fingerprint density at radius 2 is 1.85 bits per heavy atom. The third kappa shape index (κ3) is 3.73. The summed E-state index contributed by atoms with van der Waals surface area (Å²) in [5, 5.41) is 1.11. The molecule has 1 aliphatic heterocycles. The van der Waals surface area contributed by atoms with E-state index >= 15 is 0 Å². The number of para-hydroxylation sites is 1. The number of anilines is 2. The normalized spacial score (nSPS) is 12.9. The minimum atomic E-state index is -0.00126. The maximum atomic E-state index is 12.8. The molecule has 0 aliphatic carbocycles. The standard InChI is InChI=1S/C26H19N3O2S2/c1-31-20-11-8-17-14-18-12-13-29(24(18)27-22(17)15-20)19-9-6-16(7-10-19)25(30)33-26-28-21-4-2-3-5-23(21)32-26/h2-11,14-15H,12-13H2,1H3. The highest BCUT2D eigenvalue weighted by molar-refractivity contribution is 8.15. The summed E-state index contributed by atoms with van der Waals surface area (Å²) in [6.07, 6.45) is 0.943. The van der Waals surface area contributed by atoms with Crippen LogP contribution in [0.5, 0.6) is 5.75 Å². The van der Waals surface area contributed by atoms with Gasteiger partial charge in [0.2, 0.25) is 5.12 Å². The molecular formula is C26H19N3O2S2. The summed E-state index contributed by atoms with van der Waals surface area (Å²) in [5.41, 5.74) is 4.78. The van der Waals surface area contributed by atoms with E-state index < -0.39 is 0 Å². The Morgan fingerprint density at radius 3 is 2.67 bits per heavy atom. The van der Waals surface area contributed by atoms with Gasteiger partial charge >= 0.3 is 0 Å². The lowest BCUT2D eigenvalue weighted by Gasteiger charge is -2.19. The van der Waals surface area contributed by atoms with E-state index in [1.165, 1.54) is 17.3 Å². The first-order valence-corrected chi connectivity index (χ1v) is 12.2. The number of methoxy groups -OCH3 is 1. The SMILES string of the molecule is COc1ccc2cc3c(nc2c1)N(c1ccc(C(=O)Sc2nc4ccccc4s2)cc1)CC3. The second-order valence-corrected chi connectivity index (χ2v) is 10.1. The second-order valence-electron chi connectivity index (χ2n) is 7.82. The first-order chi connectivity index (χ1) is 16.2. The molecule has 0 saturated heterocycles. The van der Waals surface area contributed by atoms with Gasteiger partial charge < -0.3 is 9.64 Å². The molecule has 0 spiro atoms. The predicted molar refractivity (Wildman–Crippen MR) is 135 cm³/mol. The van der Waals surface area contributed by atoms with Crippen LogP contribution in [0.25, 0.3) is 21.1 Å². The van der Waals surface area contributed by atoms with E-state index in [9.17, 15) is 4.79 Å². The zero-order valence-corrected chi connectivity index (χ0v) is 19.5. The van der Waals surface area contributed by atoms with Gasteiger partial charge in [-0.15, -0.1) is 11.3 Å². The fraction of sp³-hybridized carbons (Fsp3) is 0.115. The average molecular weight is 470 g/mol. The number of carbonyl (C=O) groups is 1. The largest absolute Gasteiger partial charge is 0.497 e. The Morgan fingerprint density at radius 1 is 1.00 bits per heavy atom. The number of aromatic nitrogens is 2. The smallest absolute Gasteiger partial charge is 0.226 e. The van der Waals surface area contributed by atoms with Gasteiger partial charge in [-0.1, -0.05) is 12.1 Å². The number of ether oxygens (including phenoxy) is 1. The number of carbonyl (C=O) groups excluding carboxylic acids is 1. The van der Waals surface area contributed by atoms with Crippen LogP contribution in [0.4, 0.5) is 11.5 Å². The summed E-state index contributed by atoms with van der Waals surface area (Å²) in [5.74, 6) is 1.77. The van der Waals surface area contributed by atoms with Crippen LogP contribution in [0, 0.1) is 0 Å². The summed E-state index contributed by atoms with van der Waals surface area (Å²) >= 11 is 2.73. The molecule has 0 N–H and O–H groups in total. The minimum Gasteiger partial charge on any atom is -0.497 e. The molecule has 0 bridgehead atoms. The summed E-state index contributed by atoms with van der Waals surface area (Å²) < 4.78 is 7.22. The van der Waals surface area contributed by atoms with Gasteiger partial charge in [-0.3, -0.25) is 4.79 Å². The van der Waals surface area contributed by atoms with Crippen LogP contribution in [0.1, 0.15) is 15.9 Å². The van der Waals surface area contributed by atoms with Crippen molar-refractivity contribution in [1.82, 2.24) is 9.97 Å². The van der Waals surface area contributed by atoms with Crippen molar-refractivity contribution in [1.29, 1.82) is 0 Å². The molecule has 7 heteroatoms. The highest BCUT2D eigenvalue weighted by Crippen LogP contribution is 2.36. The van der Waals surface area contributed by atoms with E-state index in [1.54, 1.807) is 18.4 Å². The van der Waals surface area contributed by atoms with Crippen LogP contribution in [0.2, 0.25) is 0 Å².